The highest BCUT2D eigenvalue weighted by molar-refractivity contribution is 7.10. The molecule has 1 N–H and O–H groups in total. The third-order valence-electron chi connectivity index (χ3n) is 6.75. The van der Waals surface area contributed by atoms with Crippen LogP contribution >= 0.6 is 11.3 Å². The second-order valence-electron chi connectivity index (χ2n) is 9.66. The molecular weight excluding hydrogens is 487 g/mol. The molecule has 3 heterocycles. The molecule has 1 aliphatic rings. The standard InChI is InChI=1S/C29H29FN4O2S/c1-18-14-20(31-28(35)24-6-5-7-25(30)19(24)2)8-11-23(18)29(36)34-16-22-10-9-21(15-32(3)4)33(22)17-27-26(34)12-13-37-27/h5-14H,15-17H2,1-4H3,(H,31,35). The van der Waals surface area contributed by atoms with Crippen LogP contribution in [0.4, 0.5) is 15.8 Å². The van der Waals surface area contributed by atoms with Crippen molar-refractivity contribution in [3.63, 3.8) is 0 Å². The maximum absolute atomic E-state index is 13.9. The predicted molar refractivity (Wildman–Crippen MR) is 146 cm³/mol. The summed E-state index contributed by atoms with van der Waals surface area (Å²) in [5.74, 6) is -0.894. The lowest BCUT2D eigenvalue weighted by molar-refractivity contribution is 0.0983. The number of amides is 2. The average Bonchev–Trinajstić information content (AvgIpc) is 3.42. The molecular formula is C29H29FN4O2S. The first-order chi connectivity index (χ1) is 17.7. The van der Waals surface area contributed by atoms with Gasteiger partial charge in [-0.2, -0.15) is 0 Å². The number of nitrogens with one attached hydrogen (secondary N) is 1. The number of benzene rings is 2. The van der Waals surface area contributed by atoms with Gasteiger partial charge in [0.2, 0.25) is 0 Å². The van der Waals surface area contributed by atoms with Crippen molar-refractivity contribution in [2.75, 3.05) is 24.3 Å². The molecule has 0 bridgehead atoms. The molecule has 0 fully saturated rings. The van der Waals surface area contributed by atoms with E-state index in [4.69, 9.17) is 0 Å². The Morgan fingerprint density at radius 3 is 2.59 bits per heavy atom. The van der Waals surface area contributed by atoms with Gasteiger partial charge in [-0.05, 0) is 93.0 Å². The Morgan fingerprint density at radius 2 is 1.84 bits per heavy atom. The molecule has 5 rings (SSSR count). The Labute approximate surface area is 219 Å². The van der Waals surface area contributed by atoms with E-state index in [2.05, 4.69) is 41.0 Å². The van der Waals surface area contributed by atoms with Crippen LogP contribution < -0.4 is 10.2 Å². The molecule has 0 spiro atoms. The van der Waals surface area contributed by atoms with Gasteiger partial charge in [0.05, 0.1) is 18.8 Å². The van der Waals surface area contributed by atoms with Crippen LogP contribution in [-0.4, -0.2) is 35.4 Å². The highest BCUT2D eigenvalue weighted by Crippen LogP contribution is 2.34. The Morgan fingerprint density at radius 1 is 1.03 bits per heavy atom. The van der Waals surface area contributed by atoms with Crippen LogP contribution in [0.2, 0.25) is 0 Å². The number of rotatable bonds is 5. The van der Waals surface area contributed by atoms with Gasteiger partial charge in [-0.1, -0.05) is 6.07 Å². The first-order valence-corrected chi connectivity index (χ1v) is 13.0. The first-order valence-electron chi connectivity index (χ1n) is 12.1. The number of fused-ring (bicyclic) bond motifs is 2. The van der Waals surface area contributed by atoms with Gasteiger partial charge in [0.1, 0.15) is 5.82 Å². The number of hydrogen-bond acceptors (Lipinski definition) is 4. The first kappa shape index (κ1) is 24.9. The minimum atomic E-state index is -0.421. The molecule has 0 radical (unpaired) electrons. The maximum Gasteiger partial charge on any atom is 0.258 e. The van der Waals surface area contributed by atoms with Crippen molar-refractivity contribution in [2.24, 2.45) is 0 Å². The average molecular weight is 517 g/mol. The van der Waals surface area contributed by atoms with Crippen LogP contribution in [0.1, 0.15) is 48.1 Å². The lowest BCUT2D eigenvalue weighted by Gasteiger charge is -2.22. The Balaban J connectivity index is 1.41. The Kier molecular flexibility index (Phi) is 6.70. The lowest BCUT2D eigenvalue weighted by Crippen LogP contribution is -2.31. The van der Waals surface area contributed by atoms with E-state index in [1.165, 1.54) is 17.8 Å². The second-order valence-corrected chi connectivity index (χ2v) is 10.7. The van der Waals surface area contributed by atoms with Crippen LogP contribution in [0, 0.1) is 19.7 Å². The molecule has 0 saturated heterocycles. The van der Waals surface area contributed by atoms with E-state index in [-0.39, 0.29) is 17.4 Å². The zero-order valence-corrected chi connectivity index (χ0v) is 22.2. The summed E-state index contributed by atoms with van der Waals surface area (Å²) in [6.07, 6.45) is 0. The fourth-order valence-corrected chi connectivity index (χ4v) is 5.67. The number of thiophene rings is 1. The Hall–Kier alpha value is -3.75. The number of nitrogens with zero attached hydrogens (tertiary/aromatic N) is 3. The highest BCUT2D eigenvalue weighted by atomic mass is 32.1. The third-order valence-corrected chi connectivity index (χ3v) is 7.64. The molecule has 0 atom stereocenters. The fraction of sp³-hybridized carbons (Fsp3) is 0.241. The lowest BCUT2D eigenvalue weighted by atomic mass is 10.0. The topological polar surface area (TPSA) is 57.6 Å². The van der Waals surface area contributed by atoms with Gasteiger partial charge in [-0.25, -0.2) is 4.39 Å². The molecule has 8 heteroatoms. The summed E-state index contributed by atoms with van der Waals surface area (Å²) < 4.78 is 16.2. The largest absolute Gasteiger partial charge is 0.340 e. The van der Waals surface area contributed by atoms with Crippen LogP contribution in [0.5, 0.6) is 0 Å². The molecule has 2 amide bonds. The summed E-state index contributed by atoms with van der Waals surface area (Å²) in [7, 11) is 4.11. The van der Waals surface area contributed by atoms with Crippen molar-refractivity contribution in [1.29, 1.82) is 0 Å². The quantitative estimate of drug-likeness (QED) is 0.363. The third kappa shape index (κ3) is 4.82. The predicted octanol–water partition coefficient (Wildman–Crippen LogP) is 5.83. The smallest absolute Gasteiger partial charge is 0.258 e. The van der Waals surface area contributed by atoms with Crippen molar-refractivity contribution in [3.8, 4) is 0 Å². The molecule has 6 nitrogen and oxygen atoms in total. The highest BCUT2D eigenvalue weighted by Gasteiger charge is 2.28. The van der Waals surface area contributed by atoms with Crippen molar-refractivity contribution in [1.82, 2.24) is 9.47 Å². The van der Waals surface area contributed by atoms with Crippen LogP contribution in [0.3, 0.4) is 0 Å². The summed E-state index contributed by atoms with van der Waals surface area (Å²) in [5, 5.41) is 4.86. The van der Waals surface area contributed by atoms with Crippen molar-refractivity contribution < 1.29 is 14.0 Å². The minimum Gasteiger partial charge on any atom is -0.340 e. The summed E-state index contributed by atoms with van der Waals surface area (Å²) >= 11 is 1.66. The van der Waals surface area contributed by atoms with Gasteiger partial charge < -0.3 is 19.7 Å². The van der Waals surface area contributed by atoms with E-state index < -0.39 is 5.82 Å². The molecule has 2 aromatic heterocycles. The van der Waals surface area contributed by atoms with Gasteiger partial charge in [-0.15, -0.1) is 11.3 Å². The molecule has 1 aliphatic heterocycles. The number of carbonyl (C=O) groups excluding carboxylic acids is 2. The van der Waals surface area contributed by atoms with E-state index in [1.54, 1.807) is 42.5 Å². The summed E-state index contributed by atoms with van der Waals surface area (Å²) in [5.41, 5.74) is 5.72. The molecule has 4 aromatic rings. The molecule has 0 saturated carbocycles. The molecule has 2 aromatic carbocycles. The molecule has 190 valence electrons. The van der Waals surface area contributed by atoms with E-state index in [0.29, 0.717) is 23.4 Å². The number of anilines is 2. The number of halogens is 1. The molecule has 0 aliphatic carbocycles. The van der Waals surface area contributed by atoms with Gasteiger partial charge in [-0.3, -0.25) is 9.59 Å². The van der Waals surface area contributed by atoms with Gasteiger partial charge in [0.15, 0.2) is 0 Å². The maximum atomic E-state index is 13.9. The number of carbonyl (C=O) groups is 2. The number of aryl methyl sites for hydroxylation is 1. The molecule has 0 unspecified atom stereocenters. The van der Waals surface area contributed by atoms with Gasteiger partial charge in [0, 0.05) is 39.6 Å². The zero-order chi connectivity index (χ0) is 26.3. The zero-order valence-electron chi connectivity index (χ0n) is 21.3. The number of hydrogen-bond donors (Lipinski definition) is 1. The number of aromatic nitrogens is 1. The van der Waals surface area contributed by atoms with Crippen LogP contribution in [-0.2, 0) is 19.6 Å². The Bertz CT molecular complexity index is 1500. The van der Waals surface area contributed by atoms with E-state index in [9.17, 15) is 14.0 Å². The van der Waals surface area contributed by atoms with Gasteiger partial charge in [0.25, 0.3) is 11.8 Å². The monoisotopic (exact) mass is 516 g/mol. The minimum absolute atomic E-state index is 0.0835. The van der Waals surface area contributed by atoms with E-state index in [1.807, 2.05) is 23.3 Å². The second kappa shape index (κ2) is 9.95. The summed E-state index contributed by atoms with van der Waals surface area (Å²) in [6, 6.07) is 16.0. The SMILES string of the molecule is Cc1cc(NC(=O)c2cccc(F)c2C)ccc1C(=O)N1Cc2ccc(CN(C)C)n2Cc2sccc21. The summed E-state index contributed by atoms with van der Waals surface area (Å²) in [4.78, 5) is 31.7. The van der Waals surface area contributed by atoms with E-state index in [0.717, 1.165) is 34.9 Å². The van der Waals surface area contributed by atoms with Crippen LogP contribution in [0.25, 0.3) is 0 Å². The normalized spacial score (nSPS) is 12.8. The fourth-order valence-electron chi connectivity index (χ4n) is 4.80. The summed E-state index contributed by atoms with van der Waals surface area (Å²) in [6.45, 7) is 5.49. The van der Waals surface area contributed by atoms with Crippen LogP contribution in [0.15, 0.2) is 60.0 Å². The van der Waals surface area contributed by atoms with Gasteiger partial charge >= 0.3 is 0 Å². The van der Waals surface area contributed by atoms with Crippen molar-refractivity contribution in [3.05, 3.63) is 104 Å². The van der Waals surface area contributed by atoms with Crippen molar-refractivity contribution >= 4 is 34.5 Å². The van der Waals surface area contributed by atoms with Crippen molar-refractivity contribution in [2.45, 2.75) is 33.5 Å². The van der Waals surface area contributed by atoms with E-state index >= 15 is 0 Å². The molecule has 37 heavy (non-hydrogen) atoms.